The van der Waals surface area contributed by atoms with Crippen LogP contribution in [0, 0.1) is 5.92 Å². The molecule has 122 valence electrons. The van der Waals surface area contributed by atoms with Gasteiger partial charge in [-0.05, 0) is 36.6 Å². The van der Waals surface area contributed by atoms with Gasteiger partial charge in [-0.3, -0.25) is 0 Å². The highest BCUT2D eigenvalue weighted by Gasteiger charge is 2.41. The number of rotatable bonds is 6. The molecule has 22 heavy (non-hydrogen) atoms. The van der Waals surface area contributed by atoms with Gasteiger partial charge in [-0.2, -0.15) is 4.31 Å². The van der Waals surface area contributed by atoms with Crippen LogP contribution in [0.5, 0.6) is 0 Å². The highest BCUT2D eigenvalue weighted by atomic mass is 32.2. The average molecular weight is 345 g/mol. The SMILES string of the molecule is COC(=O)c1sccc1S(=O)(=O)N(C[C@@H]1CCOC1)C1CC1. The number of carbonyl (C=O) groups excluding carboxylic acids is 1. The molecule has 2 fully saturated rings. The molecule has 6 nitrogen and oxygen atoms in total. The summed E-state index contributed by atoms with van der Waals surface area (Å²) < 4.78 is 37.6. The largest absolute Gasteiger partial charge is 0.465 e. The van der Waals surface area contributed by atoms with Crippen LogP contribution in [0.1, 0.15) is 28.9 Å². The summed E-state index contributed by atoms with van der Waals surface area (Å²) in [5.41, 5.74) is 0. The summed E-state index contributed by atoms with van der Waals surface area (Å²) in [5.74, 6) is -0.371. The van der Waals surface area contributed by atoms with Crippen LogP contribution >= 0.6 is 11.3 Å². The van der Waals surface area contributed by atoms with E-state index in [4.69, 9.17) is 4.74 Å². The van der Waals surface area contributed by atoms with Crippen LogP contribution in [0.2, 0.25) is 0 Å². The Kier molecular flexibility index (Phi) is 4.54. The third kappa shape index (κ3) is 3.05. The molecule has 0 bridgehead atoms. The van der Waals surface area contributed by atoms with Crippen LogP contribution < -0.4 is 0 Å². The Morgan fingerprint density at radius 2 is 2.23 bits per heavy atom. The Hall–Kier alpha value is -0.960. The molecule has 1 aliphatic carbocycles. The lowest BCUT2D eigenvalue weighted by Gasteiger charge is -2.24. The number of hydrogen-bond donors (Lipinski definition) is 0. The van der Waals surface area contributed by atoms with E-state index < -0.39 is 16.0 Å². The number of carbonyl (C=O) groups is 1. The molecule has 1 aromatic heterocycles. The predicted molar refractivity (Wildman–Crippen MR) is 81.5 cm³/mol. The highest BCUT2D eigenvalue weighted by molar-refractivity contribution is 7.89. The van der Waals surface area contributed by atoms with E-state index in [9.17, 15) is 13.2 Å². The lowest BCUT2D eigenvalue weighted by atomic mass is 10.1. The molecular weight excluding hydrogens is 326 g/mol. The monoisotopic (exact) mass is 345 g/mol. The molecule has 0 spiro atoms. The van der Waals surface area contributed by atoms with Gasteiger partial charge in [0.2, 0.25) is 10.0 Å². The number of esters is 1. The van der Waals surface area contributed by atoms with Crippen molar-refractivity contribution in [2.24, 2.45) is 5.92 Å². The molecule has 0 N–H and O–H groups in total. The minimum Gasteiger partial charge on any atom is -0.465 e. The van der Waals surface area contributed by atoms with Crippen molar-refractivity contribution in [2.75, 3.05) is 26.9 Å². The third-order valence-electron chi connectivity index (χ3n) is 4.00. The van der Waals surface area contributed by atoms with E-state index in [0.717, 1.165) is 30.6 Å². The molecule has 1 atom stereocenters. The number of thiophene rings is 1. The van der Waals surface area contributed by atoms with Gasteiger partial charge in [-0.15, -0.1) is 11.3 Å². The molecule has 8 heteroatoms. The number of sulfonamides is 1. The van der Waals surface area contributed by atoms with Gasteiger partial charge in [0, 0.05) is 19.2 Å². The first-order chi connectivity index (χ1) is 10.5. The number of methoxy groups -OCH3 is 1. The van der Waals surface area contributed by atoms with E-state index in [-0.39, 0.29) is 21.7 Å². The summed E-state index contributed by atoms with van der Waals surface area (Å²) in [6.07, 6.45) is 2.64. The van der Waals surface area contributed by atoms with Crippen LogP contribution in [-0.2, 0) is 19.5 Å². The minimum atomic E-state index is -3.68. The van der Waals surface area contributed by atoms with Crippen LogP contribution in [0.15, 0.2) is 16.3 Å². The Balaban J connectivity index is 1.89. The average Bonchev–Trinajstić information content (AvgIpc) is 3.02. The molecule has 1 saturated carbocycles. The fourth-order valence-electron chi connectivity index (χ4n) is 2.66. The first-order valence-electron chi connectivity index (χ1n) is 7.29. The molecule has 1 aromatic rings. The van der Waals surface area contributed by atoms with E-state index in [0.29, 0.717) is 19.8 Å². The van der Waals surface area contributed by atoms with Gasteiger partial charge in [0.25, 0.3) is 0 Å². The third-order valence-corrected chi connectivity index (χ3v) is 6.99. The van der Waals surface area contributed by atoms with Gasteiger partial charge in [-0.25, -0.2) is 13.2 Å². The molecule has 1 saturated heterocycles. The zero-order chi connectivity index (χ0) is 15.7. The summed E-state index contributed by atoms with van der Waals surface area (Å²) in [4.78, 5) is 12.0. The molecule has 2 heterocycles. The minimum absolute atomic E-state index is 0.0518. The molecular formula is C14H19NO5S2. The molecule has 1 aliphatic heterocycles. The van der Waals surface area contributed by atoms with Gasteiger partial charge in [0.1, 0.15) is 9.77 Å². The highest BCUT2D eigenvalue weighted by Crippen LogP contribution is 2.36. The Morgan fingerprint density at radius 3 is 2.82 bits per heavy atom. The quantitative estimate of drug-likeness (QED) is 0.734. The Labute approximate surface area is 134 Å². The summed E-state index contributed by atoms with van der Waals surface area (Å²) >= 11 is 1.10. The van der Waals surface area contributed by atoms with Crippen molar-refractivity contribution in [2.45, 2.75) is 30.2 Å². The summed E-state index contributed by atoms with van der Waals surface area (Å²) in [5, 5.41) is 1.61. The van der Waals surface area contributed by atoms with Gasteiger partial charge < -0.3 is 9.47 Å². The summed E-state index contributed by atoms with van der Waals surface area (Å²) in [6, 6.07) is 1.54. The van der Waals surface area contributed by atoms with Crippen LogP contribution in [-0.4, -0.2) is 51.6 Å². The molecule has 0 aromatic carbocycles. The van der Waals surface area contributed by atoms with E-state index in [1.807, 2.05) is 0 Å². The van der Waals surface area contributed by atoms with Crippen LogP contribution in [0.3, 0.4) is 0 Å². The van der Waals surface area contributed by atoms with Crippen molar-refractivity contribution in [1.82, 2.24) is 4.31 Å². The van der Waals surface area contributed by atoms with Crippen molar-refractivity contribution in [3.63, 3.8) is 0 Å². The van der Waals surface area contributed by atoms with Crippen molar-refractivity contribution >= 4 is 27.3 Å². The summed E-state index contributed by atoms with van der Waals surface area (Å²) in [7, 11) is -2.42. The summed E-state index contributed by atoms with van der Waals surface area (Å²) in [6.45, 7) is 1.75. The van der Waals surface area contributed by atoms with Crippen molar-refractivity contribution in [3.8, 4) is 0 Å². The zero-order valence-corrected chi connectivity index (χ0v) is 14.0. The van der Waals surface area contributed by atoms with Crippen molar-refractivity contribution in [1.29, 1.82) is 0 Å². The van der Waals surface area contributed by atoms with Crippen molar-refractivity contribution < 1.29 is 22.7 Å². The van der Waals surface area contributed by atoms with Gasteiger partial charge in [0.15, 0.2) is 0 Å². The second-order valence-electron chi connectivity index (χ2n) is 5.64. The van der Waals surface area contributed by atoms with Crippen LogP contribution in [0.25, 0.3) is 0 Å². The first-order valence-corrected chi connectivity index (χ1v) is 9.61. The molecule has 0 amide bonds. The zero-order valence-electron chi connectivity index (χ0n) is 12.4. The maximum absolute atomic E-state index is 13.0. The molecule has 0 radical (unpaired) electrons. The lowest BCUT2D eigenvalue weighted by Crippen LogP contribution is -2.37. The van der Waals surface area contributed by atoms with E-state index >= 15 is 0 Å². The smallest absolute Gasteiger partial charge is 0.349 e. The maximum atomic E-state index is 13.0. The van der Waals surface area contributed by atoms with E-state index in [1.165, 1.54) is 13.2 Å². The second kappa shape index (κ2) is 6.27. The molecule has 0 unspecified atom stereocenters. The Morgan fingerprint density at radius 1 is 1.45 bits per heavy atom. The molecule has 3 rings (SSSR count). The van der Waals surface area contributed by atoms with Gasteiger partial charge in [0.05, 0.1) is 13.7 Å². The van der Waals surface area contributed by atoms with Gasteiger partial charge >= 0.3 is 5.97 Å². The van der Waals surface area contributed by atoms with Gasteiger partial charge in [-0.1, -0.05) is 0 Å². The fraction of sp³-hybridized carbons (Fsp3) is 0.643. The van der Waals surface area contributed by atoms with Crippen molar-refractivity contribution in [3.05, 3.63) is 16.3 Å². The Bertz CT molecular complexity index is 644. The van der Waals surface area contributed by atoms with E-state index in [2.05, 4.69) is 4.74 Å². The standard InChI is InChI=1S/C14H19NO5S2/c1-19-14(16)13-12(5-7-21-13)22(17,18)15(11-2-3-11)8-10-4-6-20-9-10/h5,7,10-11H,2-4,6,8-9H2,1H3/t10-/m0/s1. The predicted octanol–water partition coefficient (Wildman–Crippen LogP) is 1.72. The number of hydrogen-bond acceptors (Lipinski definition) is 6. The maximum Gasteiger partial charge on any atom is 0.349 e. The fourth-order valence-corrected chi connectivity index (χ4v) is 5.73. The topological polar surface area (TPSA) is 72.9 Å². The molecule has 2 aliphatic rings. The van der Waals surface area contributed by atoms with E-state index in [1.54, 1.807) is 9.69 Å². The number of ether oxygens (including phenoxy) is 2. The normalized spacial score (nSPS) is 22.2. The first kappa shape index (κ1) is 15.9. The second-order valence-corrected chi connectivity index (χ2v) is 8.42. The lowest BCUT2D eigenvalue weighted by molar-refractivity contribution is 0.0602. The van der Waals surface area contributed by atoms with Crippen LogP contribution in [0.4, 0.5) is 0 Å². The number of nitrogens with zero attached hydrogens (tertiary/aromatic N) is 1.